The Morgan fingerprint density at radius 1 is 1.28 bits per heavy atom. The van der Waals surface area contributed by atoms with Gasteiger partial charge in [0.2, 0.25) is 0 Å². The van der Waals surface area contributed by atoms with Gasteiger partial charge in [0, 0.05) is 23.1 Å². The van der Waals surface area contributed by atoms with E-state index < -0.39 is 5.41 Å². The highest BCUT2D eigenvalue weighted by atomic mass is 19.1. The topological polar surface area (TPSA) is 42.7 Å². The number of fused-ring (bicyclic) bond motifs is 2. The van der Waals surface area contributed by atoms with Crippen LogP contribution in [-0.4, -0.2) is 36.9 Å². The van der Waals surface area contributed by atoms with Gasteiger partial charge in [0.15, 0.2) is 5.78 Å². The molecule has 1 aliphatic carbocycles. The van der Waals surface area contributed by atoms with Crippen LogP contribution in [0.5, 0.6) is 5.75 Å². The van der Waals surface area contributed by atoms with Crippen LogP contribution in [0.2, 0.25) is 0 Å². The molecule has 0 radical (unpaired) electrons. The summed E-state index contributed by atoms with van der Waals surface area (Å²) in [6.07, 6.45) is 1.38. The summed E-state index contributed by atoms with van der Waals surface area (Å²) < 4.78 is 25.5. The van der Waals surface area contributed by atoms with E-state index in [0.717, 1.165) is 30.9 Å². The van der Waals surface area contributed by atoms with Crippen molar-refractivity contribution in [3.8, 4) is 5.75 Å². The lowest BCUT2D eigenvalue weighted by Crippen LogP contribution is -2.30. The van der Waals surface area contributed by atoms with E-state index in [1.54, 1.807) is 6.92 Å². The van der Waals surface area contributed by atoms with Crippen LogP contribution in [0.15, 0.2) is 28.4 Å². The second-order valence-corrected chi connectivity index (χ2v) is 8.04. The minimum Gasteiger partial charge on any atom is -0.492 e. The third-order valence-corrected chi connectivity index (χ3v) is 5.75. The average Bonchev–Trinajstić information content (AvgIpc) is 3.00. The van der Waals surface area contributed by atoms with Gasteiger partial charge < -0.3 is 14.1 Å². The van der Waals surface area contributed by atoms with Gasteiger partial charge in [-0.25, -0.2) is 4.39 Å². The Bertz CT molecular complexity index is 947. The summed E-state index contributed by atoms with van der Waals surface area (Å²) in [4.78, 5) is 15.5. The Labute approximate surface area is 172 Å². The largest absolute Gasteiger partial charge is 0.492 e. The van der Waals surface area contributed by atoms with Gasteiger partial charge in [-0.05, 0) is 70.6 Å². The van der Waals surface area contributed by atoms with Gasteiger partial charge in [-0.1, -0.05) is 13.8 Å². The Morgan fingerprint density at radius 2 is 1.97 bits per heavy atom. The molecular formula is C24H30FNO3. The van der Waals surface area contributed by atoms with Gasteiger partial charge in [0.1, 0.15) is 23.9 Å². The molecule has 0 fully saturated rings. The average molecular weight is 400 g/mol. The molecule has 1 heterocycles. The number of benzene rings is 1. The monoisotopic (exact) mass is 399 g/mol. The molecule has 0 saturated heterocycles. The molecule has 0 bridgehead atoms. The zero-order valence-corrected chi connectivity index (χ0v) is 18.2. The third kappa shape index (κ3) is 3.88. The van der Waals surface area contributed by atoms with Gasteiger partial charge in [0.25, 0.3) is 0 Å². The van der Waals surface area contributed by atoms with Crippen molar-refractivity contribution in [1.29, 1.82) is 0 Å². The molecule has 0 amide bonds. The second kappa shape index (κ2) is 8.15. The molecule has 1 aliphatic rings. The van der Waals surface area contributed by atoms with Crippen molar-refractivity contribution in [3.63, 3.8) is 0 Å². The Kier molecular flexibility index (Phi) is 5.99. The smallest absolute Gasteiger partial charge is 0.197 e. The van der Waals surface area contributed by atoms with Gasteiger partial charge in [-0.15, -0.1) is 0 Å². The van der Waals surface area contributed by atoms with Crippen molar-refractivity contribution in [2.45, 2.75) is 47.0 Å². The second-order valence-electron chi connectivity index (χ2n) is 8.04. The van der Waals surface area contributed by atoms with E-state index >= 15 is 0 Å². The lowest BCUT2D eigenvalue weighted by Gasteiger charge is -2.31. The predicted octanol–water partition coefficient (Wildman–Crippen LogP) is 5.51. The maximum absolute atomic E-state index is 13.6. The molecule has 0 atom stereocenters. The number of hydrogen-bond acceptors (Lipinski definition) is 4. The standard InChI is InChI=1S/C24H30FNO3/c1-7-26(8-2)11-12-28-17-9-10-18-20(14-17)24(5,6)23-21(22(18)27)19(13-15(3)25)16(4)29-23/h9-10,13-14H,7-8,11-12H2,1-6H3/b15-13+. The molecule has 156 valence electrons. The summed E-state index contributed by atoms with van der Waals surface area (Å²) in [5.74, 6) is 1.39. The first-order chi connectivity index (χ1) is 13.7. The van der Waals surface area contributed by atoms with E-state index in [0.29, 0.717) is 34.8 Å². The number of allylic oxidation sites excluding steroid dienone is 1. The fourth-order valence-electron chi connectivity index (χ4n) is 4.01. The SMILES string of the molecule is CCN(CC)CCOc1ccc2c(c1)C(C)(C)c1oc(C)c(/C=C(\C)F)c1C2=O. The molecular weight excluding hydrogens is 369 g/mol. The summed E-state index contributed by atoms with van der Waals surface area (Å²) in [5.41, 5.74) is 1.95. The number of hydrogen-bond donors (Lipinski definition) is 0. The van der Waals surface area contributed by atoms with Crippen molar-refractivity contribution >= 4 is 11.9 Å². The fourth-order valence-corrected chi connectivity index (χ4v) is 4.01. The van der Waals surface area contributed by atoms with Crippen LogP contribution in [0.25, 0.3) is 6.08 Å². The summed E-state index contributed by atoms with van der Waals surface area (Å²) >= 11 is 0. The normalized spacial score (nSPS) is 15.4. The Hall–Kier alpha value is -2.40. The highest BCUT2D eigenvalue weighted by Crippen LogP contribution is 2.45. The van der Waals surface area contributed by atoms with E-state index in [4.69, 9.17) is 9.15 Å². The van der Waals surface area contributed by atoms with Gasteiger partial charge in [0.05, 0.1) is 11.4 Å². The fraction of sp³-hybridized carbons (Fsp3) is 0.458. The third-order valence-electron chi connectivity index (χ3n) is 5.75. The molecule has 1 aromatic heterocycles. The first-order valence-corrected chi connectivity index (χ1v) is 10.2. The number of halogens is 1. The first-order valence-electron chi connectivity index (χ1n) is 10.2. The van der Waals surface area contributed by atoms with Gasteiger partial charge in [-0.2, -0.15) is 0 Å². The molecule has 0 aliphatic heterocycles. The zero-order chi connectivity index (χ0) is 21.3. The lowest BCUT2D eigenvalue weighted by molar-refractivity contribution is 0.102. The van der Waals surface area contributed by atoms with Crippen LogP contribution >= 0.6 is 0 Å². The minimum atomic E-state index is -0.530. The van der Waals surface area contributed by atoms with E-state index in [1.807, 2.05) is 32.0 Å². The lowest BCUT2D eigenvalue weighted by atomic mass is 9.71. The van der Waals surface area contributed by atoms with E-state index in [9.17, 15) is 9.18 Å². The number of aryl methyl sites for hydroxylation is 1. The molecule has 0 unspecified atom stereocenters. The molecule has 0 spiro atoms. The minimum absolute atomic E-state index is 0.131. The van der Waals surface area contributed by atoms with E-state index in [1.165, 1.54) is 13.0 Å². The maximum Gasteiger partial charge on any atom is 0.197 e. The zero-order valence-electron chi connectivity index (χ0n) is 18.2. The summed E-state index contributed by atoms with van der Waals surface area (Å²) in [6.45, 7) is 14.9. The van der Waals surface area contributed by atoms with Crippen LogP contribution in [-0.2, 0) is 5.41 Å². The number of ketones is 1. The van der Waals surface area contributed by atoms with Crippen molar-refractivity contribution < 1.29 is 18.3 Å². The number of nitrogens with zero attached hydrogens (tertiary/aromatic N) is 1. The van der Waals surface area contributed by atoms with Crippen molar-refractivity contribution in [2.75, 3.05) is 26.2 Å². The molecule has 2 aromatic rings. The highest BCUT2D eigenvalue weighted by Gasteiger charge is 2.42. The number of furan rings is 1. The van der Waals surface area contributed by atoms with Crippen molar-refractivity contribution in [1.82, 2.24) is 4.90 Å². The summed E-state index contributed by atoms with van der Waals surface area (Å²) in [6, 6.07) is 5.59. The van der Waals surface area contributed by atoms with Crippen molar-refractivity contribution in [3.05, 3.63) is 57.8 Å². The van der Waals surface area contributed by atoms with Crippen LogP contribution < -0.4 is 4.74 Å². The maximum atomic E-state index is 13.6. The predicted molar refractivity (Wildman–Crippen MR) is 113 cm³/mol. The number of likely N-dealkylation sites (N-methyl/N-ethyl adjacent to an activating group) is 1. The Morgan fingerprint density at radius 3 is 2.59 bits per heavy atom. The van der Waals surface area contributed by atoms with Gasteiger partial charge in [-0.3, -0.25) is 4.79 Å². The van der Waals surface area contributed by atoms with E-state index in [-0.39, 0.29) is 11.6 Å². The molecule has 5 heteroatoms. The molecule has 29 heavy (non-hydrogen) atoms. The van der Waals surface area contributed by atoms with E-state index in [2.05, 4.69) is 18.7 Å². The summed E-state index contributed by atoms with van der Waals surface area (Å²) in [7, 11) is 0. The quantitative estimate of drug-likeness (QED) is 0.616. The van der Waals surface area contributed by atoms with Crippen LogP contribution in [0, 0.1) is 6.92 Å². The molecule has 4 nitrogen and oxygen atoms in total. The molecule has 3 rings (SSSR count). The van der Waals surface area contributed by atoms with Gasteiger partial charge >= 0.3 is 0 Å². The number of carbonyl (C=O) groups is 1. The summed E-state index contributed by atoms with van der Waals surface area (Å²) in [5, 5.41) is 0. The van der Waals surface area contributed by atoms with Crippen LogP contribution in [0.1, 0.15) is 73.2 Å². The van der Waals surface area contributed by atoms with Crippen LogP contribution in [0.3, 0.4) is 0 Å². The number of ether oxygens (including phenoxy) is 1. The first kappa shape index (κ1) is 21.3. The Balaban J connectivity index is 1.96. The van der Waals surface area contributed by atoms with Crippen LogP contribution in [0.4, 0.5) is 4.39 Å². The highest BCUT2D eigenvalue weighted by molar-refractivity contribution is 6.15. The molecule has 0 saturated carbocycles. The number of carbonyl (C=O) groups excluding carboxylic acids is 1. The molecule has 1 aromatic carbocycles. The molecule has 0 N–H and O–H groups in total. The van der Waals surface area contributed by atoms with Crippen molar-refractivity contribution in [2.24, 2.45) is 0 Å². The number of rotatable bonds is 7.